The highest BCUT2D eigenvalue weighted by atomic mass is 16.6. The van der Waals surface area contributed by atoms with Crippen LogP contribution in [0.5, 0.6) is 17.2 Å². The van der Waals surface area contributed by atoms with Crippen LogP contribution < -0.4 is 19.1 Å². The van der Waals surface area contributed by atoms with Crippen molar-refractivity contribution in [2.45, 2.75) is 25.5 Å². The number of non-ortho nitro benzene ring substituents is 1. The molecule has 190 valence electrons. The molecule has 1 fully saturated rings. The van der Waals surface area contributed by atoms with Gasteiger partial charge in [0.2, 0.25) is 0 Å². The summed E-state index contributed by atoms with van der Waals surface area (Å²) in [6.07, 6.45) is 0.901. The summed E-state index contributed by atoms with van der Waals surface area (Å²) in [4.78, 5) is 40.5. The van der Waals surface area contributed by atoms with Gasteiger partial charge < -0.3 is 19.1 Å². The van der Waals surface area contributed by atoms with Crippen LogP contribution in [-0.4, -0.2) is 48.1 Å². The molecule has 10 nitrogen and oxygen atoms in total. The maximum atomic E-state index is 13.5. The van der Waals surface area contributed by atoms with Gasteiger partial charge in [-0.25, -0.2) is 4.79 Å². The second-order valence-electron chi connectivity index (χ2n) is 8.82. The number of ether oxygens (including phenoxy) is 3. The summed E-state index contributed by atoms with van der Waals surface area (Å²) in [6.45, 7) is 1.11. The van der Waals surface area contributed by atoms with Gasteiger partial charge in [-0.1, -0.05) is 30.3 Å². The minimum atomic E-state index is -0.698. The van der Waals surface area contributed by atoms with E-state index in [9.17, 15) is 19.7 Å². The fraction of sp³-hybridized carbons (Fsp3) is 0.259. The van der Waals surface area contributed by atoms with Crippen molar-refractivity contribution in [3.63, 3.8) is 0 Å². The number of fused-ring (bicyclic) bond motifs is 2. The number of nitro groups is 1. The minimum Gasteiger partial charge on any atom is -0.493 e. The number of rotatable bonds is 6. The Balaban J connectivity index is 1.50. The molecule has 0 aromatic heterocycles. The molecule has 0 bridgehead atoms. The van der Waals surface area contributed by atoms with E-state index in [4.69, 9.17) is 14.2 Å². The smallest absolute Gasteiger partial charge is 0.419 e. The number of carbonyl (C=O) groups excluding carboxylic acids is 2. The maximum Gasteiger partial charge on any atom is 0.419 e. The van der Waals surface area contributed by atoms with Gasteiger partial charge in [0.05, 0.1) is 29.3 Å². The van der Waals surface area contributed by atoms with Crippen molar-refractivity contribution < 1.29 is 28.7 Å². The topological polar surface area (TPSA) is 111 Å². The summed E-state index contributed by atoms with van der Waals surface area (Å²) in [7, 11) is 1.50. The van der Waals surface area contributed by atoms with E-state index in [-0.39, 0.29) is 36.5 Å². The number of carbonyl (C=O) groups is 2. The van der Waals surface area contributed by atoms with Gasteiger partial charge in [-0.15, -0.1) is 0 Å². The molecular formula is C27H25N3O7. The number of methoxy groups -OCH3 is 1. The summed E-state index contributed by atoms with van der Waals surface area (Å²) in [5.41, 5.74) is 1.51. The molecule has 3 aromatic carbocycles. The van der Waals surface area contributed by atoms with Gasteiger partial charge >= 0.3 is 6.09 Å². The normalized spacial score (nSPS) is 16.5. The summed E-state index contributed by atoms with van der Waals surface area (Å²) in [5, 5.41) is 11.0. The lowest BCUT2D eigenvalue weighted by molar-refractivity contribution is -0.384. The fourth-order valence-electron chi connectivity index (χ4n) is 4.67. The third-order valence-corrected chi connectivity index (χ3v) is 6.54. The molecule has 0 spiro atoms. The second kappa shape index (κ2) is 10.2. The molecule has 2 aliphatic rings. The molecule has 2 heterocycles. The highest BCUT2D eigenvalue weighted by Crippen LogP contribution is 2.40. The lowest BCUT2D eigenvalue weighted by Gasteiger charge is -2.26. The van der Waals surface area contributed by atoms with Gasteiger partial charge in [-0.3, -0.25) is 19.8 Å². The minimum absolute atomic E-state index is 0.112. The third kappa shape index (κ3) is 4.90. The third-order valence-electron chi connectivity index (χ3n) is 6.54. The van der Waals surface area contributed by atoms with Crippen LogP contribution in [0.25, 0.3) is 0 Å². The molecule has 0 aliphatic carbocycles. The van der Waals surface area contributed by atoms with Crippen LogP contribution in [0.2, 0.25) is 0 Å². The maximum absolute atomic E-state index is 13.5. The lowest BCUT2D eigenvalue weighted by Crippen LogP contribution is -2.43. The molecule has 0 unspecified atom stereocenters. The van der Waals surface area contributed by atoms with E-state index in [0.717, 1.165) is 18.4 Å². The molecule has 2 amide bonds. The van der Waals surface area contributed by atoms with Crippen molar-refractivity contribution in [3.8, 4) is 17.2 Å². The first-order chi connectivity index (χ1) is 17.9. The predicted molar refractivity (Wildman–Crippen MR) is 134 cm³/mol. The summed E-state index contributed by atoms with van der Waals surface area (Å²) in [6, 6.07) is 17.9. The first-order valence-electron chi connectivity index (χ1n) is 11.9. The van der Waals surface area contributed by atoms with Crippen LogP contribution in [0.15, 0.2) is 66.7 Å². The average molecular weight is 504 g/mol. The van der Waals surface area contributed by atoms with Gasteiger partial charge in [0.15, 0.2) is 11.5 Å². The number of anilines is 1. The number of nitro benzene ring substituents is 1. The van der Waals surface area contributed by atoms with E-state index >= 15 is 0 Å². The van der Waals surface area contributed by atoms with Crippen molar-refractivity contribution in [2.24, 2.45) is 0 Å². The lowest BCUT2D eigenvalue weighted by atomic mass is 10.1. The van der Waals surface area contributed by atoms with Crippen LogP contribution in [0.3, 0.4) is 0 Å². The summed E-state index contributed by atoms with van der Waals surface area (Å²) < 4.78 is 17.1. The van der Waals surface area contributed by atoms with Crippen LogP contribution in [0, 0.1) is 10.1 Å². The summed E-state index contributed by atoms with van der Waals surface area (Å²) >= 11 is 0. The quantitative estimate of drug-likeness (QED) is 0.351. The Morgan fingerprint density at radius 3 is 2.54 bits per heavy atom. The van der Waals surface area contributed by atoms with Crippen molar-refractivity contribution >= 4 is 23.4 Å². The molecule has 37 heavy (non-hydrogen) atoms. The number of nitrogens with zero attached hydrogens (tertiary/aromatic N) is 3. The first kappa shape index (κ1) is 24.1. The van der Waals surface area contributed by atoms with Crippen LogP contribution in [0.4, 0.5) is 16.2 Å². The average Bonchev–Trinajstić information content (AvgIpc) is 3.35. The monoisotopic (exact) mass is 503 g/mol. The zero-order valence-corrected chi connectivity index (χ0v) is 20.2. The van der Waals surface area contributed by atoms with Crippen LogP contribution in [0.1, 0.15) is 28.8 Å². The molecule has 5 rings (SSSR count). The number of hydrogen-bond acceptors (Lipinski definition) is 7. The fourth-order valence-corrected chi connectivity index (χ4v) is 4.67. The van der Waals surface area contributed by atoms with Crippen molar-refractivity contribution in [3.05, 3.63) is 88.0 Å². The van der Waals surface area contributed by atoms with E-state index < -0.39 is 11.0 Å². The largest absolute Gasteiger partial charge is 0.493 e. The Bertz CT molecular complexity index is 1330. The predicted octanol–water partition coefficient (Wildman–Crippen LogP) is 4.81. The molecular weight excluding hydrogens is 478 g/mol. The Hall–Kier alpha value is -4.60. The molecule has 3 aromatic rings. The molecule has 1 atom stereocenters. The first-order valence-corrected chi connectivity index (χ1v) is 11.9. The SMILES string of the molecule is COc1cc2c(cc1OCc1ccccc1)N(C(=O)Oc1ccc([N+](=O)[O-])cc1)C[C@@H]1CCCN1C2=O. The molecule has 0 N–H and O–H groups in total. The summed E-state index contributed by atoms with van der Waals surface area (Å²) in [5.74, 6) is 0.735. The van der Waals surface area contributed by atoms with Crippen LogP contribution >= 0.6 is 0 Å². The zero-order valence-electron chi connectivity index (χ0n) is 20.2. The Morgan fingerprint density at radius 1 is 1.08 bits per heavy atom. The Labute approximate surface area is 213 Å². The van der Waals surface area contributed by atoms with Crippen molar-refractivity contribution in [2.75, 3.05) is 25.1 Å². The highest BCUT2D eigenvalue weighted by Gasteiger charge is 2.39. The van der Waals surface area contributed by atoms with Gasteiger partial charge in [0, 0.05) is 31.3 Å². The Kier molecular flexibility index (Phi) is 6.63. The van der Waals surface area contributed by atoms with Gasteiger partial charge in [-0.05, 0) is 36.6 Å². The molecule has 2 aliphatic heterocycles. The number of amides is 2. The molecule has 1 saturated heterocycles. The highest BCUT2D eigenvalue weighted by molar-refractivity contribution is 6.06. The van der Waals surface area contributed by atoms with E-state index in [0.29, 0.717) is 29.3 Å². The van der Waals surface area contributed by atoms with E-state index in [1.165, 1.54) is 36.3 Å². The van der Waals surface area contributed by atoms with Crippen molar-refractivity contribution in [1.29, 1.82) is 0 Å². The number of benzene rings is 3. The van der Waals surface area contributed by atoms with Gasteiger partial charge in [0.1, 0.15) is 12.4 Å². The second-order valence-corrected chi connectivity index (χ2v) is 8.82. The van der Waals surface area contributed by atoms with Gasteiger partial charge in [-0.2, -0.15) is 0 Å². The molecule has 0 saturated carbocycles. The molecule has 0 radical (unpaired) electrons. The molecule has 10 heteroatoms. The standard InChI is InChI=1S/C27H25N3O7/c1-35-24-14-22-23(15-25(24)36-17-18-6-3-2-4-7-18)29(16-20-8-5-13-28(20)26(22)31)27(32)37-21-11-9-19(10-12-21)30(33)34/h2-4,6-7,9-12,14-15,20H,5,8,13,16-17H2,1H3/t20-/m0/s1. The Morgan fingerprint density at radius 2 is 1.84 bits per heavy atom. The van der Waals surface area contributed by atoms with Gasteiger partial charge in [0.25, 0.3) is 11.6 Å². The zero-order chi connectivity index (χ0) is 25.9. The van der Waals surface area contributed by atoms with E-state index in [1.807, 2.05) is 30.3 Å². The van der Waals surface area contributed by atoms with E-state index in [1.54, 1.807) is 17.0 Å². The van der Waals surface area contributed by atoms with Crippen LogP contribution in [-0.2, 0) is 6.61 Å². The number of hydrogen-bond donors (Lipinski definition) is 0. The van der Waals surface area contributed by atoms with Crippen molar-refractivity contribution in [1.82, 2.24) is 4.90 Å². The van der Waals surface area contributed by atoms with E-state index in [2.05, 4.69) is 0 Å².